The number of hydrogen-bond donors (Lipinski definition) is 0. The maximum absolute atomic E-state index is 11.7. The van der Waals surface area contributed by atoms with E-state index in [9.17, 15) is 14.4 Å². The first-order valence-corrected chi connectivity index (χ1v) is 5.83. The van der Waals surface area contributed by atoms with Crippen molar-refractivity contribution in [2.24, 2.45) is 0 Å². The molecule has 94 valence electrons. The molecule has 0 aromatic carbocycles. The van der Waals surface area contributed by atoms with Gasteiger partial charge in [-0.1, -0.05) is 20.3 Å². The largest absolute Gasteiger partial charge is 0.464 e. The van der Waals surface area contributed by atoms with E-state index in [1.54, 1.807) is 6.92 Å². The minimum Gasteiger partial charge on any atom is -0.464 e. The van der Waals surface area contributed by atoms with E-state index in [1.165, 1.54) is 12.2 Å². The van der Waals surface area contributed by atoms with Crippen LogP contribution >= 0.6 is 0 Å². The van der Waals surface area contributed by atoms with E-state index in [1.807, 2.05) is 6.92 Å². The van der Waals surface area contributed by atoms with Gasteiger partial charge in [0, 0.05) is 12.2 Å². The second kappa shape index (κ2) is 6.18. The molecule has 0 aliphatic carbocycles. The second-order valence-electron chi connectivity index (χ2n) is 3.82. The van der Waals surface area contributed by atoms with Crippen LogP contribution in [0.5, 0.6) is 0 Å². The molecule has 1 unspecified atom stereocenters. The fourth-order valence-corrected chi connectivity index (χ4v) is 1.59. The van der Waals surface area contributed by atoms with Crippen molar-refractivity contribution >= 4 is 17.8 Å². The molecule has 0 spiro atoms. The van der Waals surface area contributed by atoms with Gasteiger partial charge >= 0.3 is 5.97 Å². The molecule has 0 aromatic rings. The van der Waals surface area contributed by atoms with Crippen LogP contribution in [0, 0.1) is 0 Å². The molecular weight excluding hydrogens is 222 g/mol. The highest BCUT2D eigenvalue weighted by Gasteiger charge is 2.35. The fourth-order valence-electron chi connectivity index (χ4n) is 1.59. The van der Waals surface area contributed by atoms with E-state index in [0.717, 1.165) is 17.7 Å². The number of esters is 1. The lowest BCUT2D eigenvalue weighted by Gasteiger charge is -2.23. The molecule has 0 aromatic heterocycles. The van der Waals surface area contributed by atoms with Gasteiger partial charge in [0.05, 0.1) is 6.61 Å². The van der Waals surface area contributed by atoms with E-state index in [0.29, 0.717) is 13.0 Å². The number of amides is 2. The number of rotatable bonds is 6. The predicted molar refractivity (Wildman–Crippen MR) is 60.9 cm³/mol. The molecule has 1 atom stereocenters. The lowest BCUT2D eigenvalue weighted by Crippen LogP contribution is -2.45. The van der Waals surface area contributed by atoms with Gasteiger partial charge in [0.15, 0.2) is 0 Å². The number of carbonyl (C=O) groups excluding carboxylic acids is 3. The number of carbonyl (C=O) groups is 3. The van der Waals surface area contributed by atoms with E-state index >= 15 is 0 Å². The van der Waals surface area contributed by atoms with Crippen LogP contribution in [0.1, 0.15) is 33.1 Å². The van der Waals surface area contributed by atoms with Crippen LogP contribution in [0.2, 0.25) is 0 Å². The summed E-state index contributed by atoms with van der Waals surface area (Å²) in [6.45, 7) is 4.06. The molecule has 1 aliphatic heterocycles. The number of hydrogen-bond acceptors (Lipinski definition) is 4. The van der Waals surface area contributed by atoms with Crippen molar-refractivity contribution in [2.45, 2.75) is 39.2 Å². The summed E-state index contributed by atoms with van der Waals surface area (Å²) in [7, 11) is 0. The standard InChI is InChI=1S/C12H17NO4/c1-3-5-8-17-12(16)9(4-2)13-10(14)6-7-11(13)15/h6-7,9H,3-5,8H2,1-2H3. The molecule has 17 heavy (non-hydrogen) atoms. The summed E-state index contributed by atoms with van der Waals surface area (Å²) in [6.07, 6.45) is 4.41. The number of imide groups is 1. The Bertz CT molecular complexity index is 330. The highest BCUT2D eigenvalue weighted by atomic mass is 16.5. The van der Waals surface area contributed by atoms with Crippen LogP contribution in [-0.2, 0) is 19.1 Å². The number of unbranched alkanes of at least 4 members (excludes halogenated alkanes) is 1. The zero-order chi connectivity index (χ0) is 12.8. The summed E-state index contributed by atoms with van der Waals surface area (Å²) in [5.74, 6) is -1.41. The Hall–Kier alpha value is -1.65. The molecule has 0 radical (unpaired) electrons. The predicted octanol–water partition coefficient (Wildman–Crippen LogP) is 1.03. The van der Waals surface area contributed by atoms with Crippen molar-refractivity contribution < 1.29 is 19.1 Å². The van der Waals surface area contributed by atoms with Gasteiger partial charge in [-0.25, -0.2) is 4.79 Å². The Morgan fingerprint density at radius 3 is 2.35 bits per heavy atom. The van der Waals surface area contributed by atoms with Crippen molar-refractivity contribution in [3.8, 4) is 0 Å². The summed E-state index contributed by atoms with van der Waals surface area (Å²) in [6, 6.07) is -0.804. The zero-order valence-corrected chi connectivity index (χ0v) is 10.1. The van der Waals surface area contributed by atoms with Crippen LogP contribution in [-0.4, -0.2) is 35.3 Å². The monoisotopic (exact) mass is 239 g/mol. The van der Waals surface area contributed by atoms with Gasteiger partial charge in [-0.3, -0.25) is 14.5 Å². The van der Waals surface area contributed by atoms with Crippen molar-refractivity contribution in [1.29, 1.82) is 0 Å². The second-order valence-corrected chi connectivity index (χ2v) is 3.82. The first-order chi connectivity index (χ1) is 8.11. The van der Waals surface area contributed by atoms with E-state index in [2.05, 4.69) is 0 Å². The van der Waals surface area contributed by atoms with Crippen LogP contribution < -0.4 is 0 Å². The van der Waals surface area contributed by atoms with Crippen molar-refractivity contribution in [1.82, 2.24) is 4.90 Å². The zero-order valence-electron chi connectivity index (χ0n) is 10.1. The van der Waals surface area contributed by atoms with Crippen LogP contribution in [0.3, 0.4) is 0 Å². The molecule has 1 aliphatic rings. The molecule has 0 bridgehead atoms. The quantitative estimate of drug-likeness (QED) is 0.394. The van der Waals surface area contributed by atoms with Crippen LogP contribution in [0.4, 0.5) is 0 Å². The normalized spacial score (nSPS) is 16.5. The van der Waals surface area contributed by atoms with Crippen molar-refractivity contribution in [3.63, 3.8) is 0 Å². The SMILES string of the molecule is CCCCOC(=O)C(CC)N1C(=O)C=CC1=O. The summed E-state index contributed by atoms with van der Waals surface area (Å²) in [5.41, 5.74) is 0. The molecule has 1 heterocycles. The van der Waals surface area contributed by atoms with Gasteiger partial charge in [-0.15, -0.1) is 0 Å². The van der Waals surface area contributed by atoms with E-state index in [4.69, 9.17) is 4.74 Å². The van der Waals surface area contributed by atoms with Gasteiger partial charge in [-0.05, 0) is 12.8 Å². The van der Waals surface area contributed by atoms with Gasteiger partial charge < -0.3 is 4.74 Å². The molecule has 1 rings (SSSR count). The number of nitrogens with zero attached hydrogens (tertiary/aromatic N) is 1. The maximum atomic E-state index is 11.7. The van der Waals surface area contributed by atoms with E-state index in [-0.39, 0.29) is 0 Å². The van der Waals surface area contributed by atoms with E-state index < -0.39 is 23.8 Å². The Balaban J connectivity index is 2.61. The highest BCUT2D eigenvalue weighted by Crippen LogP contribution is 2.13. The Morgan fingerprint density at radius 2 is 1.88 bits per heavy atom. The third-order valence-electron chi connectivity index (χ3n) is 2.56. The fraction of sp³-hybridized carbons (Fsp3) is 0.583. The van der Waals surface area contributed by atoms with Crippen LogP contribution in [0.25, 0.3) is 0 Å². The van der Waals surface area contributed by atoms with Gasteiger partial charge in [0.2, 0.25) is 0 Å². The topological polar surface area (TPSA) is 63.7 Å². The Kier molecular flexibility index (Phi) is 4.87. The molecule has 5 heteroatoms. The van der Waals surface area contributed by atoms with Gasteiger partial charge in [0.25, 0.3) is 11.8 Å². The van der Waals surface area contributed by atoms with Gasteiger partial charge in [-0.2, -0.15) is 0 Å². The molecule has 0 fully saturated rings. The lowest BCUT2D eigenvalue weighted by atomic mass is 10.2. The molecular formula is C12H17NO4. The Morgan fingerprint density at radius 1 is 1.29 bits per heavy atom. The molecule has 0 saturated heterocycles. The molecule has 5 nitrogen and oxygen atoms in total. The Labute approximate surface area is 100 Å². The van der Waals surface area contributed by atoms with Crippen molar-refractivity contribution in [3.05, 3.63) is 12.2 Å². The first-order valence-electron chi connectivity index (χ1n) is 5.83. The smallest absolute Gasteiger partial charge is 0.329 e. The van der Waals surface area contributed by atoms with Crippen LogP contribution in [0.15, 0.2) is 12.2 Å². The first kappa shape index (κ1) is 13.4. The molecule has 2 amide bonds. The summed E-state index contributed by atoms with van der Waals surface area (Å²) in [5, 5.41) is 0. The third kappa shape index (κ3) is 3.15. The summed E-state index contributed by atoms with van der Waals surface area (Å²) < 4.78 is 5.03. The van der Waals surface area contributed by atoms with Crippen molar-refractivity contribution in [2.75, 3.05) is 6.61 Å². The molecule has 0 saturated carbocycles. The lowest BCUT2D eigenvalue weighted by molar-refractivity contribution is -0.157. The maximum Gasteiger partial charge on any atom is 0.329 e. The third-order valence-corrected chi connectivity index (χ3v) is 2.56. The highest BCUT2D eigenvalue weighted by molar-refractivity contribution is 6.14. The minimum absolute atomic E-state index is 0.329. The molecule has 0 N–H and O–H groups in total. The van der Waals surface area contributed by atoms with Gasteiger partial charge in [0.1, 0.15) is 6.04 Å². The minimum atomic E-state index is -0.804. The average molecular weight is 239 g/mol. The summed E-state index contributed by atoms with van der Waals surface area (Å²) in [4.78, 5) is 35.5. The average Bonchev–Trinajstić information content (AvgIpc) is 2.62. The summed E-state index contributed by atoms with van der Waals surface area (Å²) >= 11 is 0. The number of ether oxygens (including phenoxy) is 1.